The number of hydrogen-bond acceptors (Lipinski definition) is 1. The van der Waals surface area contributed by atoms with E-state index in [-0.39, 0.29) is 24.0 Å². The van der Waals surface area contributed by atoms with Crippen LogP contribution in [0.3, 0.4) is 0 Å². The second kappa shape index (κ2) is 9.80. The summed E-state index contributed by atoms with van der Waals surface area (Å²) in [5.41, 5.74) is 3.85. The van der Waals surface area contributed by atoms with E-state index >= 15 is 0 Å². The molecule has 128 valence electrons. The number of nitrogens with one attached hydrogen (secondary N) is 3. The zero-order valence-electron chi connectivity index (χ0n) is 14.6. The summed E-state index contributed by atoms with van der Waals surface area (Å²) < 4.78 is 0. The van der Waals surface area contributed by atoms with Crippen LogP contribution in [0.5, 0.6) is 0 Å². The Balaban J connectivity index is 0.00000264. The lowest BCUT2D eigenvalue weighted by atomic mass is 10.1. The van der Waals surface area contributed by atoms with E-state index in [9.17, 15) is 0 Å². The highest BCUT2D eigenvalue weighted by Crippen LogP contribution is 2.19. The van der Waals surface area contributed by atoms with Crippen molar-refractivity contribution in [1.29, 1.82) is 0 Å². The number of aliphatic imine (C=N–C) groups is 1. The molecule has 0 unspecified atom stereocenters. The number of nitrogens with zero attached hydrogens (tertiary/aromatic N) is 1. The minimum atomic E-state index is 0. The fraction of sp³-hybridized carbons (Fsp3) is 0.500. The van der Waals surface area contributed by atoms with Crippen molar-refractivity contribution in [2.75, 3.05) is 20.1 Å². The molecule has 0 spiro atoms. The van der Waals surface area contributed by atoms with Crippen LogP contribution in [0.4, 0.5) is 0 Å². The number of rotatable bonds is 6. The summed E-state index contributed by atoms with van der Waals surface area (Å²) in [6.45, 7) is 8.42. The molecule has 2 aromatic rings. The number of H-pyrrole nitrogens is 1. The van der Waals surface area contributed by atoms with Crippen LogP contribution in [0.25, 0.3) is 10.9 Å². The highest BCUT2D eigenvalue weighted by molar-refractivity contribution is 14.0. The number of aryl methyl sites for hydroxylation is 1. The SMILES string of the molecule is CN=C(NCCc1c[nH]c2cc(C)ccc12)NCCC(C)C.I. The molecule has 1 heterocycles. The molecule has 5 heteroatoms. The molecule has 0 saturated heterocycles. The van der Waals surface area contributed by atoms with Gasteiger partial charge in [0.1, 0.15) is 0 Å². The third-order valence-electron chi connectivity index (χ3n) is 3.85. The summed E-state index contributed by atoms with van der Waals surface area (Å²) in [7, 11) is 1.82. The topological polar surface area (TPSA) is 52.2 Å². The average molecular weight is 428 g/mol. The fourth-order valence-electron chi connectivity index (χ4n) is 2.52. The molecule has 0 radical (unpaired) electrons. The van der Waals surface area contributed by atoms with Crippen LogP contribution in [0, 0.1) is 12.8 Å². The van der Waals surface area contributed by atoms with Crippen molar-refractivity contribution in [3.8, 4) is 0 Å². The summed E-state index contributed by atoms with van der Waals surface area (Å²) >= 11 is 0. The largest absolute Gasteiger partial charge is 0.361 e. The smallest absolute Gasteiger partial charge is 0.190 e. The lowest BCUT2D eigenvalue weighted by Gasteiger charge is -2.12. The number of aromatic nitrogens is 1. The Labute approximate surface area is 156 Å². The van der Waals surface area contributed by atoms with E-state index < -0.39 is 0 Å². The van der Waals surface area contributed by atoms with Gasteiger partial charge in [-0.2, -0.15) is 0 Å². The molecule has 0 bridgehead atoms. The molecular weight excluding hydrogens is 399 g/mol. The number of guanidine groups is 1. The monoisotopic (exact) mass is 428 g/mol. The second-order valence-electron chi connectivity index (χ2n) is 6.22. The van der Waals surface area contributed by atoms with Gasteiger partial charge in [-0.25, -0.2) is 0 Å². The summed E-state index contributed by atoms with van der Waals surface area (Å²) in [4.78, 5) is 7.62. The van der Waals surface area contributed by atoms with Crippen molar-refractivity contribution in [2.24, 2.45) is 10.9 Å². The van der Waals surface area contributed by atoms with Crippen LogP contribution >= 0.6 is 24.0 Å². The van der Waals surface area contributed by atoms with E-state index in [4.69, 9.17) is 0 Å². The van der Waals surface area contributed by atoms with Crippen molar-refractivity contribution in [3.63, 3.8) is 0 Å². The molecular formula is C18H29IN4. The summed E-state index contributed by atoms with van der Waals surface area (Å²) in [6.07, 6.45) is 4.25. The predicted molar refractivity (Wildman–Crippen MR) is 111 cm³/mol. The van der Waals surface area contributed by atoms with E-state index in [1.807, 2.05) is 7.05 Å². The Morgan fingerprint density at radius 1 is 1.22 bits per heavy atom. The maximum atomic E-state index is 4.26. The Kier molecular flexibility index (Phi) is 8.44. The second-order valence-corrected chi connectivity index (χ2v) is 6.22. The van der Waals surface area contributed by atoms with Crippen LogP contribution in [-0.4, -0.2) is 31.1 Å². The predicted octanol–water partition coefficient (Wildman–Crippen LogP) is 3.85. The third-order valence-corrected chi connectivity index (χ3v) is 3.85. The lowest BCUT2D eigenvalue weighted by molar-refractivity contribution is 0.573. The molecule has 0 atom stereocenters. The van der Waals surface area contributed by atoms with Gasteiger partial charge in [-0.1, -0.05) is 26.0 Å². The number of fused-ring (bicyclic) bond motifs is 1. The molecule has 3 N–H and O–H groups in total. The van der Waals surface area contributed by atoms with E-state index in [1.54, 1.807) is 0 Å². The van der Waals surface area contributed by atoms with E-state index in [0.29, 0.717) is 5.92 Å². The summed E-state index contributed by atoms with van der Waals surface area (Å²) in [6, 6.07) is 6.56. The van der Waals surface area contributed by atoms with Gasteiger partial charge in [0, 0.05) is 37.2 Å². The van der Waals surface area contributed by atoms with Gasteiger partial charge in [0.2, 0.25) is 0 Å². The molecule has 2 rings (SSSR count). The highest BCUT2D eigenvalue weighted by Gasteiger charge is 2.04. The molecule has 23 heavy (non-hydrogen) atoms. The molecule has 0 aliphatic rings. The van der Waals surface area contributed by atoms with Crippen molar-refractivity contribution < 1.29 is 0 Å². The minimum Gasteiger partial charge on any atom is -0.361 e. The minimum absolute atomic E-state index is 0. The third kappa shape index (κ3) is 6.05. The van der Waals surface area contributed by atoms with Gasteiger partial charge < -0.3 is 15.6 Å². The van der Waals surface area contributed by atoms with Gasteiger partial charge in [0.25, 0.3) is 0 Å². The summed E-state index contributed by atoms with van der Waals surface area (Å²) in [5, 5.41) is 8.05. The van der Waals surface area contributed by atoms with Gasteiger partial charge in [-0.05, 0) is 42.9 Å². The first kappa shape index (κ1) is 19.8. The standard InChI is InChI=1S/C18H28N4.HI/c1-13(2)7-9-20-18(19-4)21-10-8-15-12-22-17-11-14(3)5-6-16(15)17;/h5-6,11-13,22H,7-10H2,1-4H3,(H2,19,20,21);1H. The lowest BCUT2D eigenvalue weighted by Crippen LogP contribution is -2.39. The molecule has 4 nitrogen and oxygen atoms in total. The van der Waals surface area contributed by atoms with Crippen LogP contribution < -0.4 is 10.6 Å². The molecule has 0 amide bonds. The first-order valence-electron chi connectivity index (χ1n) is 8.11. The van der Waals surface area contributed by atoms with Crippen molar-refractivity contribution in [2.45, 2.75) is 33.6 Å². The van der Waals surface area contributed by atoms with E-state index in [0.717, 1.165) is 31.9 Å². The Bertz CT molecular complexity index is 631. The van der Waals surface area contributed by atoms with Crippen LogP contribution in [0.1, 0.15) is 31.4 Å². The number of halogens is 1. The molecule has 1 aromatic carbocycles. The Morgan fingerprint density at radius 3 is 2.65 bits per heavy atom. The van der Waals surface area contributed by atoms with Crippen LogP contribution in [0.2, 0.25) is 0 Å². The number of hydrogen-bond donors (Lipinski definition) is 3. The molecule has 0 aliphatic carbocycles. The first-order valence-corrected chi connectivity index (χ1v) is 8.11. The van der Waals surface area contributed by atoms with Gasteiger partial charge in [0.05, 0.1) is 0 Å². The zero-order chi connectivity index (χ0) is 15.9. The normalized spacial score (nSPS) is 11.6. The molecule has 1 aromatic heterocycles. The number of benzene rings is 1. The van der Waals surface area contributed by atoms with Gasteiger partial charge in [-0.15, -0.1) is 24.0 Å². The van der Waals surface area contributed by atoms with Crippen LogP contribution in [0.15, 0.2) is 29.4 Å². The Hall–Kier alpha value is -1.24. The fourth-order valence-corrected chi connectivity index (χ4v) is 2.52. The molecule has 0 fully saturated rings. The van der Waals surface area contributed by atoms with Crippen molar-refractivity contribution >= 4 is 40.8 Å². The molecule has 0 aliphatic heterocycles. The van der Waals surface area contributed by atoms with E-state index in [1.165, 1.54) is 22.0 Å². The molecule has 0 saturated carbocycles. The highest BCUT2D eigenvalue weighted by atomic mass is 127. The van der Waals surface area contributed by atoms with Crippen molar-refractivity contribution in [3.05, 3.63) is 35.5 Å². The van der Waals surface area contributed by atoms with Gasteiger partial charge in [0.15, 0.2) is 5.96 Å². The zero-order valence-corrected chi connectivity index (χ0v) is 16.9. The van der Waals surface area contributed by atoms with E-state index in [2.05, 4.69) is 65.8 Å². The number of aromatic amines is 1. The van der Waals surface area contributed by atoms with Crippen LogP contribution in [-0.2, 0) is 6.42 Å². The summed E-state index contributed by atoms with van der Waals surface area (Å²) in [5.74, 6) is 1.59. The maximum Gasteiger partial charge on any atom is 0.190 e. The van der Waals surface area contributed by atoms with Crippen molar-refractivity contribution in [1.82, 2.24) is 15.6 Å². The van der Waals surface area contributed by atoms with Gasteiger partial charge in [-0.3, -0.25) is 4.99 Å². The van der Waals surface area contributed by atoms with Gasteiger partial charge >= 0.3 is 0 Å². The first-order chi connectivity index (χ1) is 10.6. The maximum absolute atomic E-state index is 4.26. The average Bonchev–Trinajstić information content (AvgIpc) is 2.87. The Morgan fingerprint density at radius 2 is 1.96 bits per heavy atom. The quantitative estimate of drug-likeness (QED) is 0.372.